The van der Waals surface area contributed by atoms with Crippen molar-refractivity contribution in [3.8, 4) is 0 Å². The van der Waals surface area contributed by atoms with Crippen molar-refractivity contribution in [3.05, 3.63) is 29.3 Å². The van der Waals surface area contributed by atoms with Crippen LogP contribution >= 0.6 is 0 Å². The third-order valence-corrected chi connectivity index (χ3v) is 4.83. The van der Waals surface area contributed by atoms with Crippen LogP contribution in [0.5, 0.6) is 0 Å². The summed E-state index contributed by atoms with van der Waals surface area (Å²) < 4.78 is 26.9. The lowest BCUT2D eigenvalue weighted by atomic mass is 10.1. The molecule has 1 heterocycles. The van der Waals surface area contributed by atoms with Gasteiger partial charge in [-0.1, -0.05) is 12.1 Å². The minimum Gasteiger partial charge on any atom is -0.256 e. The van der Waals surface area contributed by atoms with Crippen LogP contribution in [-0.4, -0.2) is 32.9 Å². The van der Waals surface area contributed by atoms with E-state index in [4.69, 9.17) is 0 Å². The molecule has 0 N–H and O–H groups in total. The standard InChI is InChI=1S/C11H16N2O2S/c1-9-4-5-10(2)11(8-9)13-7-6-12(3)16(13,14)15/h4-5,8H,6-7H2,1-3H3. The molecule has 1 aromatic rings. The molecule has 0 atom stereocenters. The van der Waals surface area contributed by atoms with Crippen molar-refractivity contribution in [2.75, 3.05) is 24.4 Å². The topological polar surface area (TPSA) is 40.6 Å². The van der Waals surface area contributed by atoms with Crippen LogP contribution in [0.1, 0.15) is 11.1 Å². The summed E-state index contributed by atoms with van der Waals surface area (Å²) in [5.74, 6) is 0. The van der Waals surface area contributed by atoms with Gasteiger partial charge in [0, 0.05) is 20.1 Å². The van der Waals surface area contributed by atoms with Crippen molar-refractivity contribution in [2.45, 2.75) is 13.8 Å². The molecule has 0 amide bonds. The fourth-order valence-electron chi connectivity index (χ4n) is 1.86. The lowest BCUT2D eigenvalue weighted by Crippen LogP contribution is -2.31. The smallest absolute Gasteiger partial charge is 0.256 e. The van der Waals surface area contributed by atoms with Gasteiger partial charge in [0.15, 0.2) is 0 Å². The van der Waals surface area contributed by atoms with Gasteiger partial charge < -0.3 is 0 Å². The van der Waals surface area contributed by atoms with Crippen LogP contribution in [0.15, 0.2) is 18.2 Å². The fraction of sp³-hybridized carbons (Fsp3) is 0.455. The second-order valence-electron chi connectivity index (χ2n) is 4.19. The van der Waals surface area contributed by atoms with Gasteiger partial charge in [0.05, 0.1) is 5.69 Å². The van der Waals surface area contributed by atoms with Crippen LogP contribution in [0, 0.1) is 13.8 Å². The molecule has 1 aromatic carbocycles. The Morgan fingerprint density at radius 3 is 2.44 bits per heavy atom. The number of aryl methyl sites for hydroxylation is 2. The van der Waals surface area contributed by atoms with Crippen molar-refractivity contribution in [1.82, 2.24) is 4.31 Å². The van der Waals surface area contributed by atoms with Crippen LogP contribution in [0.2, 0.25) is 0 Å². The van der Waals surface area contributed by atoms with E-state index in [2.05, 4.69) is 0 Å². The van der Waals surface area contributed by atoms with Gasteiger partial charge in [0.1, 0.15) is 0 Å². The molecule has 1 aliphatic rings. The van der Waals surface area contributed by atoms with E-state index in [1.54, 1.807) is 7.05 Å². The summed E-state index contributed by atoms with van der Waals surface area (Å²) in [4.78, 5) is 0. The lowest BCUT2D eigenvalue weighted by Gasteiger charge is -2.20. The van der Waals surface area contributed by atoms with Gasteiger partial charge >= 0.3 is 10.2 Å². The second kappa shape index (κ2) is 3.75. The van der Waals surface area contributed by atoms with Crippen molar-refractivity contribution < 1.29 is 8.42 Å². The van der Waals surface area contributed by atoms with Gasteiger partial charge in [-0.15, -0.1) is 0 Å². The Kier molecular flexibility index (Phi) is 2.67. The molecule has 5 heteroatoms. The number of rotatable bonds is 1. The van der Waals surface area contributed by atoms with E-state index in [-0.39, 0.29) is 0 Å². The summed E-state index contributed by atoms with van der Waals surface area (Å²) in [6.07, 6.45) is 0. The van der Waals surface area contributed by atoms with Gasteiger partial charge in [0.25, 0.3) is 0 Å². The first kappa shape index (κ1) is 11.4. The number of anilines is 1. The van der Waals surface area contributed by atoms with Gasteiger partial charge in [-0.05, 0) is 31.0 Å². The monoisotopic (exact) mass is 240 g/mol. The molecule has 2 rings (SSSR count). The third-order valence-electron chi connectivity index (χ3n) is 2.92. The zero-order valence-electron chi connectivity index (χ0n) is 9.77. The molecular weight excluding hydrogens is 224 g/mol. The van der Waals surface area contributed by atoms with Crippen LogP contribution in [0.3, 0.4) is 0 Å². The lowest BCUT2D eigenvalue weighted by molar-refractivity contribution is 0.511. The molecular formula is C11H16N2O2S. The van der Waals surface area contributed by atoms with Crippen LogP contribution in [0.25, 0.3) is 0 Å². The molecule has 0 spiro atoms. The molecule has 1 saturated heterocycles. The average Bonchev–Trinajstić information content (AvgIpc) is 2.47. The van der Waals surface area contributed by atoms with Gasteiger partial charge in [-0.3, -0.25) is 4.31 Å². The minimum absolute atomic E-state index is 0.531. The zero-order valence-corrected chi connectivity index (χ0v) is 10.6. The van der Waals surface area contributed by atoms with Crippen molar-refractivity contribution in [2.24, 2.45) is 0 Å². The Hall–Kier alpha value is -1.07. The Morgan fingerprint density at radius 1 is 1.19 bits per heavy atom. The largest absolute Gasteiger partial charge is 0.303 e. The molecule has 0 aromatic heterocycles. The molecule has 4 nitrogen and oxygen atoms in total. The van der Waals surface area contributed by atoms with E-state index in [1.165, 1.54) is 8.61 Å². The second-order valence-corrected chi connectivity index (χ2v) is 6.15. The summed E-state index contributed by atoms with van der Waals surface area (Å²) in [5, 5.41) is 0. The Morgan fingerprint density at radius 2 is 1.88 bits per heavy atom. The highest BCUT2D eigenvalue weighted by atomic mass is 32.2. The first-order chi connectivity index (χ1) is 7.43. The van der Waals surface area contributed by atoms with Crippen molar-refractivity contribution in [1.29, 1.82) is 0 Å². The van der Waals surface area contributed by atoms with E-state index in [0.717, 1.165) is 16.8 Å². The van der Waals surface area contributed by atoms with Crippen LogP contribution < -0.4 is 4.31 Å². The van der Waals surface area contributed by atoms with E-state index in [1.807, 2.05) is 32.0 Å². The van der Waals surface area contributed by atoms with Gasteiger partial charge in [-0.2, -0.15) is 12.7 Å². The maximum Gasteiger partial charge on any atom is 0.303 e. The van der Waals surface area contributed by atoms with Crippen molar-refractivity contribution in [3.63, 3.8) is 0 Å². The van der Waals surface area contributed by atoms with E-state index in [9.17, 15) is 8.42 Å². The van der Waals surface area contributed by atoms with E-state index in [0.29, 0.717) is 13.1 Å². The number of hydrogen-bond acceptors (Lipinski definition) is 2. The molecule has 0 unspecified atom stereocenters. The highest BCUT2D eigenvalue weighted by Crippen LogP contribution is 2.28. The number of benzene rings is 1. The highest BCUT2D eigenvalue weighted by molar-refractivity contribution is 7.90. The summed E-state index contributed by atoms with van der Waals surface area (Å²) in [6.45, 7) is 4.98. The first-order valence-corrected chi connectivity index (χ1v) is 6.64. The zero-order chi connectivity index (χ0) is 11.9. The molecule has 0 saturated carbocycles. The summed E-state index contributed by atoms with van der Waals surface area (Å²) >= 11 is 0. The molecule has 88 valence electrons. The molecule has 0 aliphatic carbocycles. The predicted molar refractivity (Wildman–Crippen MR) is 64.8 cm³/mol. The fourth-order valence-corrected chi connectivity index (χ4v) is 3.27. The Bertz CT molecular complexity index is 511. The average molecular weight is 240 g/mol. The molecule has 0 radical (unpaired) electrons. The van der Waals surface area contributed by atoms with E-state index < -0.39 is 10.2 Å². The molecule has 1 aliphatic heterocycles. The quantitative estimate of drug-likeness (QED) is 0.742. The van der Waals surface area contributed by atoms with Crippen LogP contribution in [0.4, 0.5) is 5.69 Å². The van der Waals surface area contributed by atoms with Gasteiger partial charge in [0.2, 0.25) is 0 Å². The predicted octanol–water partition coefficient (Wildman–Crippen LogP) is 1.30. The van der Waals surface area contributed by atoms with Gasteiger partial charge in [-0.25, -0.2) is 0 Å². The SMILES string of the molecule is Cc1ccc(C)c(N2CCN(C)S2(=O)=O)c1. The maximum absolute atomic E-state index is 12.0. The number of hydrogen-bond donors (Lipinski definition) is 0. The minimum atomic E-state index is -3.29. The van der Waals surface area contributed by atoms with E-state index >= 15 is 0 Å². The third kappa shape index (κ3) is 1.70. The summed E-state index contributed by atoms with van der Waals surface area (Å²) in [5.41, 5.74) is 2.86. The maximum atomic E-state index is 12.0. The Labute approximate surface area is 96.7 Å². The molecule has 0 bridgehead atoms. The summed E-state index contributed by atoms with van der Waals surface area (Å²) in [7, 11) is -1.68. The first-order valence-electron chi connectivity index (χ1n) is 5.24. The van der Waals surface area contributed by atoms with Crippen LogP contribution in [-0.2, 0) is 10.2 Å². The molecule has 16 heavy (non-hydrogen) atoms. The number of nitrogens with zero attached hydrogens (tertiary/aromatic N) is 2. The van der Waals surface area contributed by atoms with Crippen molar-refractivity contribution >= 4 is 15.9 Å². The Balaban J connectivity index is 2.50. The normalized spacial score (nSPS) is 20.3. The number of likely N-dealkylation sites (N-methyl/N-ethyl adjacent to an activating group) is 1. The summed E-state index contributed by atoms with van der Waals surface area (Å²) in [6, 6.07) is 5.87. The molecule has 1 fully saturated rings. The highest BCUT2D eigenvalue weighted by Gasteiger charge is 2.34.